The SMILES string of the molecule is CCNC(C#N)CSC(C)C(C)O. The molecule has 0 aliphatic heterocycles. The van der Waals surface area contributed by atoms with Crippen molar-refractivity contribution in [2.75, 3.05) is 12.3 Å². The summed E-state index contributed by atoms with van der Waals surface area (Å²) in [5.74, 6) is 0.733. The average Bonchev–Trinajstić information content (AvgIpc) is 2.11. The molecular formula is C9H18N2OS. The fourth-order valence-electron chi connectivity index (χ4n) is 0.776. The lowest BCUT2D eigenvalue weighted by atomic mass is 10.3. The Morgan fingerprint density at radius 1 is 1.54 bits per heavy atom. The molecule has 3 nitrogen and oxygen atoms in total. The van der Waals surface area contributed by atoms with Crippen LogP contribution < -0.4 is 5.32 Å². The van der Waals surface area contributed by atoms with Crippen molar-refractivity contribution in [1.29, 1.82) is 5.26 Å². The summed E-state index contributed by atoms with van der Waals surface area (Å²) < 4.78 is 0. The van der Waals surface area contributed by atoms with E-state index in [1.807, 2.05) is 13.8 Å². The van der Waals surface area contributed by atoms with Gasteiger partial charge in [-0.15, -0.1) is 0 Å². The number of nitrogens with one attached hydrogen (secondary N) is 1. The zero-order valence-corrected chi connectivity index (χ0v) is 9.27. The van der Waals surface area contributed by atoms with E-state index in [9.17, 15) is 5.11 Å². The quantitative estimate of drug-likeness (QED) is 0.674. The minimum absolute atomic E-state index is 0.101. The first kappa shape index (κ1) is 12.8. The maximum Gasteiger partial charge on any atom is 0.104 e. The predicted molar refractivity (Wildman–Crippen MR) is 56.7 cm³/mol. The van der Waals surface area contributed by atoms with Crippen LogP contribution in [-0.2, 0) is 0 Å². The highest BCUT2D eigenvalue weighted by Crippen LogP contribution is 2.14. The van der Waals surface area contributed by atoms with E-state index in [0.717, 1.165) is 12.3 Å². The van der Waals surface area contributed by atoms with Crippen LogP contribution in [0.4, 0.5) is 0 Å². The molecule has 0 aromatic carbocycles. The number of nitriles is 1. The van der Waals surface area contributed by atoms with E-state index >= 15 is 0 Å². The van der Waals surface area contributed by atoms with Gasteiger partial charge in [-0.2, -0.15) is 17.0 Å². The van der Waals surface area contributed by atoms with Gasteiger partial charge in [0.2, 0.25) is 0 Å². The van der Waals surface area contributed by atoms with Gasteiger partial charge in [0.1, 0.15) is 6.04 Å². The van der Waals surface area contributed by atoms with Gasteiger partial charge in [-0.3, -0.25) is 0 Å². The molecule has 0 saturated heterocycles. The van der Waals surface area contributed by atoms with Gasteiger partial charge in [0.15, 0.2) is 0 Å². The summed E-state index contributed by atoms with van der Waals surface area (Å²) in [5, 5.41) is 21.2. The summed E-state index contributed by atoms with van der Waals surface area (Å²) in [6.07, 6.45) is -0.314. The Balaban J connectivity index is 3.66. The van der Waals surface area contributed by atoms with Crippen molar-refractivity contribution in [3.8, 4) is 6.07 Å². The Morgan fingerprint density at radius 3 is 2.54 bits per heavy atom. The first-order chi connectivity index (χ1) is 6.11. The Kier molecular flexibility index (Phi) is 7.06. The molecule has 0 aliphatic carbocycles. The average molecular weight is 202 g/mol. The molecule has 0 aromatic rings. The Morgan fingerprint density at radius 2 is 2.15 bits per heavy atom. The molecule has 0 amide bonds. The van der Waals surface area contributed by atoms with Gasteiger partial charge in [0, 0.05) is 11.0 Å². The lowest BCUT2D eigenvalue weighted by molar-refractivity contribution is 0.196. The van der Waals surface area contributed by atoms with Gasteiger partial charge in [0.05, 0.1) is 12.2 Å². The molecular weight excluding hydrogens is 184 g/mol. The monoisotopic (exact) mass is 202 g/mol. The van der Waals surface area contributed by atoms with Crippen molar-refractivity contribution in [3.05, 3.63) is 0 Å². The van der Waals surface area contributed by atoms with E-state index in [2.05, 4.69) is 11.4 Å². The number of aliphatic hydroxyl groups is 1. The van der Waals surface area contributed by atoms with Gasteiger partial charge >= 0.3 is 0 Å². The summed E-state index contributed by atoms with van der Waals surface area (Å²) >= 11 is 1.62. The molecule has 13 heavy (non-hydrogen) atoms. The van der Waals surface area contributed by atoms with Crippen LogP contribution in [0.5, 0.6) is 0 Å². The summed E-state index contributed by atoms with van der Waals surface area (Å²) in [6.45, 7) is 6.52. The molecule has 0 saturated carbocycles. The van der Waals surface area contributed by atoms with Crippen LogP contribution in [0.3, 0.4) is 0 Å². The molecule has 0 aromatic heterocycles. The fraction of sp³-hybridized carbons (Fsp3) is 0.889. The lowest BCUT2D eigenvalue weighted by Gasteiger charge is -2.16. The third-order valence-corrected chi connectivity index (χ3v) is 3.26. The van der Waals surface area contributed by atoms with Gasteiger partial charge in [-0.1, -0.05) is 13.8 Å². The van der Waals surface area contributed by atoms with Gasteiger partial charge in [-0.25, -0.2) is 0 Å². The highest BCUT2D eigenvalue weighted by atomic mass is 32.2. The number of aliphatic hydroxyl groups excluding tert-OH is 1. The molecule has 76 valence electrons. The van der Waals surface area contributed by atoms with Crippen molar-refractivity contribution < 1.29 is 5.11 Å². The van der Waals surface area contributed by atoms with Gasteiger partial charge in [-0.05, 0) is 13.5 Å². The predicted octanol–water partition coefficient (Wildman–Crippen LogP) is 0.991. The van der Waals surface area contributed by atoms with E-state index in [1.54, 1.807) is 18.7 Å². The molecule has 3 unspecified atom stereocenters. The highest BCUT2D eigenvalue weighted by Gasteiger charge is 2.12. The van der Waals surface area contributed by atoms with Crippen LogP contribution in [-0.4, -0.2) is 34.8 Å². The number of nitrogens with zero attached hydrogens (tertiary/aromatic N) is 1. The van der Waals surface area contributed by atoms with Crippen LogP contribution in [0.15, 0.2) is 0 Å². The summed E-state index contributed by atoms with van der Waals surface area (Å²) in [6, 6.07) is 2.08. The highest BCUT2D eigenvalue weighted by molar-refractivity contribution is 8.00. The maximum absolute atomic E-state index is 9.21. The molecule has 4 heteroatoms. The topological polar surface area (TPSA) is 56.0 Å². The summed E-state index contributed by atoms with van der Waals surface area (Å²) in [7, 11) is 0. The second kappa shape index (κ2) is 7.19. The number of rotatable bonds is 6. The third kappa shape index (κ3) is 5.92. The van der Waals surface area contributed by atoms with Crippen molar-refractivity contribution in [2.45, 2.75) is 38.2 Å². The van der Waals surface area contributed by atoms with E-state index < -0.39 is 0 Å². The minimum atomic E-state index is -0.314. The molecule has 0 radical (unpaired) electrons. The van der Waals surface area contributed by atoms with Crippen LogP contribution in [0, 0.1) is 11.3 Å². The van der Waals surface area contributed by atoms with Crippen LogP contribution in [0.1, 0.15) is 20.8 Å². The summed E-state index contributed by atoms with van der Waals surface area (Å²) in [5.41, 5.74) is 0. The molecule has 0 bridgehead atoms. The molecule has 0 spiro atoms. The van der Waals surface area contributed by atoms with E-state index in [0.29, 0.717) is 0 Å². The first-order valence-electron chi connectivity index (χ1n) is 4.54. The first-order valence-corrected chi connectivity index (χ1v) is 5.59. The number of hydrogen-bond acceptors (Lipinski definition) is 4. The second-order valence-electron chi connectivity index (χ2n) is 3.02. The van der Waals surface area contributed by atoms with Crippen molar-refractivity contribution in [3.63, 3.8) is 0 Å². The number of thioether (sulfide) groups is 1. The standard InChI is InChI=1S/C9H18N2OS/c1-4-11-9(5-10)6-13-8(3)7(2)12/h7-9,11-12H,4,6H2,1-3H3. The van der Waals surface area contributed by atoms with Crippen LogP contribution >= 0.6 is 11.8 Å². The Bertz CT molecular complexity index is 167. The van der Waals surface area contributed by atoms with Crippen LogP contribution in [0.2, 0.25) is 0 Å². The zero-order chi connectivity index (χ0) is 10.3. The molecule has 0 rings (SSSR count). The molecule has 0 heterocycles. The molecule has 3 atom stereocenters. The minimum Gasteiger partial charge on any atom is -0.392 e. The largest absolute Gasteiger partial charge is 0.392 e. The lowest BCUT2D eigenvalue weighted by Crippen LogP contribution is -2.31. The molecule has 0 aliphatic rings. The van der Waals surface area contributed by atoms with E-state index in [-0.39, 0.29) is 17.4 Å². The van der Waals surface area contributed by atoms with E-state index in [1.165, 1.54) is 0 Å². The molecule has 0 fully saturated rings. The van der Waals surface area contributed by atoms with Crippen LogP contribution in [0.25, 0.3) is 0 Å². The van der Waals surface area contributed by atoms with Crippen molar-refractivity contribution in [2.24, 2.45) is 0 Å². The van der Waals surface area contributed by atoms with Crippen molar-refractivity contribution >= 4 is 11.8 Å². The smallest absolute Gasteiger partial charge is 0.104 e. The van der Waals surface area contributed by atoms with Crippen molar-refractivity contribution in [1.82, 2.24) is 5.32 Å². The Hall–Kier alpha value is -0.240. The Labute approximate surface area is 84.5 Å². The number of hydrogen-bond donors (Lipinski definition) is 2. The summed E-state index contributed by atoms with van der Waals surface area (Å²) in [4.78, 5) is 0. The normalized spacial score (nSPS) is 17.5. The third-order valence-electron chi connectivity index (χ3n) is 1.81. The zero-order valence-electron chi connectivity index (χ0n) is 8.45. The maximum atomic E-state index is 9.21. The van der Waals surface area contributed by atoms with Gasteiger partial charge in [0.25, 0.3) is 0 Å². The molecule has 2 N–H and O–H groups in total. The van der Waals surface area contributed by atoms with Gasteiger partial charge < -0.3 is 10.4 Å². The second-order valence-corrected chi connectivity index (χ2v) is 4.43. The van der Waals surface area contributed by atoms with E-state index in [4.69, 9.17) is 5.26 Å². The fourth-order valence-corrected chi connectivity index (χ4v) is 1.74.